The zero-order valence-electron chi connectivity index (χ0n) is 21.7. The second-order valence-electron chi connectivity index (χ2n) is 10.8. The molecule has 1 fully saturated rings. The summed E-state index contributed by atoms with van der Waals surface area (Å²) in [7, 11) is 0. The minimum absolute atomic E-state index is 0.178. The van der Waals surface area contributed by atoms with E-state index in [-0.39, 0.29) is 12.0 Å². The summed E-state index contributed by atoms with van der Waals surface area (Å²) in [6.45, 7) is 6.83. The van der Waals surface area contributed by atoms with Crippen LogP contribution in [0, 0.1) is 0 Å². The van der Waals surface area contributed by atoms with Crippen LogP contribution in [0.15, 0.2) is 66.7 Å². The molecule has 8 heteroatoms. The molecule has 2 heterocycles. The fourth-order valence-electron chi connectivity index (χ4n) is 5.11. The number of carbonyl (C=O) groups excluding carboxylic acids is 1. The summed E-state index contributed by atoms with van der Waals surface area (Å²) < 4.78 is 5.55. The van der Waals surface area contributed by atoms with E-state index in [1.807, 2.05) is 63.2 Å². The number of carbonyl (C=O) groups is 1. The number of H-pyrrole nitrogens is 1. The average Bonchev–Trinajstić information content (AvgIpc) is 3.31. The SMILES string of the molecule is CC(C)(C)OC(=O)N1CCC(c2n[nH]c3ccc(C(O)(c4ccc(Cl)cc4)c4ccc(Cl)cc4)cc23)CC1. The lowest BCUT2D eigenvalue weighted by Crippen LogP contribution is -2.41. The summed E-state index contributed by atoms with van der Waals surface area (Å²) in [5.41, 5.74) is 1.99. The molecule has 6 nitrogen and oxygen atoms in total. The number of halogens is 2. The van der Waals surface area contributed by atoms with E-state index in [4.69, 9.17) is 27.9 Å². The van der Waals surface area contributed by atoms with E-state index in [9.17, 15) is 9.90 Å². The molecule has 0 aliphatic carbocycles. The standard InChI is InChI=1S/C30H31Cl2N3O3/c1-29(2,3)38-28(36)35-16-14-19(15-17-35)27-25-18-22(8-13-26(25)33-34-27)30(37,20-4-9-23(31)10-5-20)21-6-11-24(32)12-7-21/h4-13,18-19,37H,14-17H2,1-3H3,(H,33,34). The van der Waals surface area contributed by atoms with E-state index < -0.39 is 11.2 Å². The van der Waals surface area contributed by atoms with Crippen molar-refractivity contribution in [2.75, 3.05) is 13.1 Å². The number of nitrogens with one attached hydrogen (secondary N) is 1. The smallest absolute Gasteiger partial charge is 0.410 e. The van der Waals surface area contributed by atoms with Crippen molar-refractivity contribution < 1.29 is 14.6 Å². The highest BCUT2D eigenvalue weighted by Crippen LogP contribution is 2.40. The van der Waals surface area contributed by atoms with Crippen molar-refractivity contribution in [3.05, 3.63) is 99.2 Å². The van der Waals surface area contributed by atoms with Crippen LogP contribution >= 0.6 is 23.2 Å². The van der Waals surface area contributed by atoms with Gasteiger partial charge < -0.3 is 14.7 Å². The minimum atomic E-state index is -1.43. The molecule has 0 atom stereocenters. The molecule has 38 heavy (non-hydrogen) atoms. The van der Waals surface area contributed by atoms with Gasteiger partial charge in [0.1, 0.15) is 11.2 Å². The maximum Gasteiger partial charge on any atom is 0.410 e. The van der Waals surface area contributed by atoms with Crippen LogP contribution < -0.4 is 0 Å². The normalized spacial score (nSPS) is 15.2. The van der Waals surface area contributed by atoms with Gasteiger partial charge in [-0.2, -0.15) is 5.10 Å². The molecule has 198 valence electrons. The van der Waals surface area contributed by atoms with Gasteiger partial charge >= 0.3 is 6.09 Å². The third-order valence-corrected chi connectivity index (χ3v) is 7.57. The fourth-order valence-corrected chi connectivity index (χ4v) is 5.37. The predicted molar refractivity (Wildman–Crippen MR) is 151 cm³/mol. The van der Waals surface area contributed by atoms with Gasteiger partial charge in [0.2, 0.25) is 0 Å². The number of amides is 1. The third-order valence-electron chi connectivity index (χ3n) is 7.07. The second-order valence-corrected chi connectivity index (χ2v) is 11.7. The Balaban J connectivity index is 1.49. The van der Waals surface area contributed by atoms with Gasteiger partial charge in [0.25, 0.3) is 0 Å². The molecule has 1 saturated heterocycles. The van der Waals surface area contributed by atoms with Crippen LogP contribution in [0.4, 0.5) is 4.79 Å². The van der Waals surface area contributed by atoms with E-state index in [1.165, 1.54) is 0 Å². The summed E-state index contributed by atoms with van der Waals surface area (Å²) in [5, 5.41) is 22.3. The number of hydrogen-bond acceptors (Lipinski definition) is 4. The number of hydrogen-bond donors (Lipinski definition) is 2. The monoisotopic (exact) mass is 551 g/mol. The van der Waals surface area contributed by atoms with Crippen LogP contribution in [0.25, 0.3) is 10.9 Å². The Hall–Kier alpha value is -3.06. The third kappa shape index (κ3) is 5.26. The van der Waals surface area contributed by atoms with E-state index in [0.29, 0.717) is 39.8 Å². The van der Waals surface area contributed by atoms with Gasteiger partial charge in [-0.15, -0.1) is 0 Å². The molecule has 0 saturated carbocycles. The van der Waals surface area contributed by atoms with Crippen molar-refractivity contribution in [2.24, 2.45) is 0 Å². The first-order valence-electron chi connectivity index (χ1n) is 12.8. The maximum absolute atomic E-state index is 12.5. The summed E-state index contributed by atoms with van der Waals surface area (Å²) in [4.78, 5) is 14.3. The lowest BCUT2D eigenvalue weighted by atomic mass is 9.79. The summed E-state index contributed by atoms with van der Waals surface area (Å²) in [6.07, 6.45) is 1.28. The van der Waals surface area contributed by atoms with E-state index in [1.54, 1.807) is 29.2 Å². The number of benzene rings is 3. The highest BCUT2D eigenvalue weighted by atomic mass is 35.5. The molecule has 3 aromatic carbocycles. The Morgan fingerprint density at radius 3 is 1.97 bits per heavy atom. The number of fused-ring (bicyclic) bond motifs is 1. The largest absolute Gasteiger partial charge is 0.444 e. The predicted octanol–water partition coefficient (Wildman–Crippen LogP) is 7.27. The molecule has 5 rings (SSSR count). The van der Waals surface area contributed by atoms with Crippen LogP contribution in [0.5, 0.6) is 0 Å². The van der Waals surface area contributed by atoms with Gasteiger partial charge in [-0.1, -0.05) is 53.5 Å². The zero-order chi connectivity index (χ0) is 27.1. The number of likely N-dealkylation sites (tertiary alicyclic amines) is 1. The van der Waals surface area contributed by atoms with Gasteiger partial charge in [0.05, 0.1) is 11.2 Å². The van der Waals surface area contributed by atoms with Crippen LogP contribution in [0.1, 0.15) is 61.9 Å². The van der Waals surface area contributed by atoms with Crippen molar-refractivity contribution in [2.45, 2.75) is 50.7 Å². The van der Waals surface area contributed by atoms with Crippen molar-refractivity contribution in [1.82, 2.24) is 15.1 Å². The van der Waals surface area contributed by atoms with Crippen LogP contribution in [0.3, 0.4) is 0 Å². The Morgan fingerprint density at radius 2 is 1.45 bits per heavy atom. The summed E-state index contributed by atoms with van der Waals surface area (Å²) >= 11 is 12.3. The molecule has 1 aliphatic heterocycles. The molecule has 0 radical (unpaired) electrons. The van der Waals surface area contributed by atoms with Crippen molar-refractivity contribution in [3.63, 3.8) is 0 Å². The Bertz CT molecular complexity index is 1390. The average molecular weight is 553 g/mol. The molecule has 0 bridgehead atoms. The molecular weight excluding hydrogens is 521 g/mol. The number of aromatic nitrogens is 2. The number of aromatic amines is 1. The van der Waals surface area contributed by atoms with Gasteiger partial charge in [-0.25, -0.2) is 4.79 Å². The van der Waals surface area contributed by atoms with Gasteiger partial charge in [-0.3, -0.25) is 5.10 Å². The number of ether oxygens (including phenoxy) is 1. The van der Waals surface area contributed by atoms with Crippen molar-refractivity contribution in [3.8, 4) is 0 Å². The molecule has 0 unspecified atom stereocenters. The van der Waals surface area contributed by atoms with E-state index >= 15 is 0 Å². The summed E-state index contributed by atoms with van der Waals surface area (Å²) in [6, 6.07) is 20.3. The fraction of sp³-hybridized carbons (Fsp3) is 0.333. The van der Waals surface area contributed by atoms with Crippen LogP contribution in [-0.2, 0) is 10.3 Å². The zero-order valence-corrected chi connectivity index (χ0v) is 23.2. The number of rotatable bonds is 4. The molecule has 1 aromatic heterocycles. The minimum Gasteiger partial charge on any atom is -0.444 e. The second kappa shape index (κ2) is 10.3. The number of nitrogens with zero attached hydrogens (tertiary/aromatic N) is 2. The van der Waals surface area contributed by atoms with Gasteiger partial charge in [0, 0.05) is 34.4 Å². The topological polar surface area (TPSA) is 78.5 Å². The Morgan fingerprint density at radius 1 is 0.921 bits per heavy atom. The Kier molecular flexibility index (Phi) is 7.16. The highest BCUT2D eigenvalue weighted by molar-refractivity contribution is 6.30. The lowest BCUT2D eigenvalue weighted by molar-refractivity contribution is 0.0204. The first-order valence-corrected chi connectivity index (χ1v) is 13.5. The molecule has 4 aromatic rings. The number of aliphatic hydroxyl groups is 1. The maximum atomic E-state index is 12.5. The first kappa shape index (κ1) is 26.5. The van der Waals surface area contributed by atoms with Crippen molar-refractivity contribution >= 4 is 40.2 Å². The van der Waals surface area contributed by atoms with Crippen molar-refractivity contribution in [1.29, 1.82) is 0 Å². The molecule has 2 N–H and O–H groups in total. The lowest BCUT2D eigenvalue weighted by Gasteiger charge is -2.33. The molecule has 0 spiro atoms. The van der Waals surface area contributed by atoms with Gasteiger partial charge in [0.15, 0.2) is 0 Å². The van der Waals surface area contributed by atoms with Gasteiger partial charge in [-0.05, 0) is 86.7 Å². The highest BCUT2D eigenvalue weighted by Gasteiger charge is 2.35. The number of piperidine rings is 1. The molecule has 1 amide bonds. The quantitative estimate of drug-likeness (QED) is 0.261. The van der Waals surface area contributed by atoms with Crippen LogP contribution in [0.2, 0.25) is 10.0 Å². The Labute approximate surface area is 232 Å². The summed E-state index contributed by atoms with van der Waals surface area (Å²) in [5.74, 6) is 0.178. The van der Waals surface area contributed by atoms with E-state index in [0.717, 1.165) is 29.4 Å². The first-order chi connectivity index (χ1) is 18.0. The molecular formula is C30H31Cl2N3O3. The molecule has 1 aliphatic rings. The van der Waals surface area contributed by atoms with E-state index in [2.05, 4.69) is 10.2 Å². The van der Waals surface area contributed by atoms with Crippen LogP contribution in [-0.4, -0.2) is 45.0 Å².